The van der Waals surface area contributed by atoms with Crippen LogP contribution in [0.25, 0.3) is 0 Å². The van der Waals surface area contributed by atoms with E-state index in [4.69, 9.17) is 4.74 Å². The molecule has 0 N–H and O–H groups in total. The van der Waals surface area contributed by atoms with Gasteiger partial charge in [-0.05, 0) is 32.6 Å². The predicted molar refractivity (Wildman–Crippen MR) is 95.5 cm³/mol. The van der Waals surface area contributed by atoms with Gasteiger partial charge in [0.15, 0.2) is 0 Å². The fourth-order valence-electron chi connectivity index (χ4n) is 2.59. The van der Waals surface area contributed by atoms with E-state index >= 15 is 0 Å². The zero-order valence-corrected chi connectivity index (χ0v) is 16.3. The highest BCUT2D eigenvalue weighted by Gasteiger charge is 2.27. The largest absolute Gasteiger partial charge is 0.462 e. The maximum Gasteiger partial charge on any atom is 0.309 e. The van der Waals surface area contributed by atoms with Gasteiger partial charge in [-0.3, -0.25) is 9.59 Å². The zero-order chi connectivity index (χ0) is 17.5. The molecule has 0 radical (unpaired) electrons. The summed E-state index contributed by atoms with van der Waals surface area (Å²) in [5, 5.41) is 0. The standard InChI is InChI=1S/C18H31NO3Si/c1-15(9-7-6-8-14-23(3,4)5)22-18(21)17-10-12-19(13-11-17)16(2)20/h15,17H,6-7,9-13H2,1-5H3/t15-/m1/s1. The molecule has 0 aromatic carbocycles. The first-order valence-corrected chi connectivity index (χ1v) is 12.1. The number of piperidine rings is 1. The highest BCUT2D eigenvalue weighted by molar-refractivity contribution is 6.83. The Labute approximate surface area is 142 Å². The first-order chi connectivity index (χ1) is 10.7. The number of unbranched alkanes of at least 4 members (excludes halogenated alkanes) is 1. The van der Waals surface area contributed by atoms with Gasteiger partial charge in [-0.15, -0.1) is 11.5 Å². The van der Waals surface area contributed by atoms with Crippen molar-refractivity contribution in [3.8, 4) is 11.5 Å². The van der Waals surface area contributed by atoms with Crippen LogP contribution in [0.2, 0.25) is 19.6 Å². The molecule has 4 nitrogen and oxygen atoms in total. The molecule has 1 heterocycles. The highest BCUT2D eigenvalue weighted by atomic mass is 28.3. The summed E-state index contributed by atoms with van der Waals surface area (Å²) in [4.78, 5) is 25.2. The van der Waals surface area contributed by atoms with E-state index in [0.29, 0.717) is 25.9 Å². The summed E-state index contributed by atoms with van der Waals surface area (Å²) < 4.78 is 5.55. The molecule has 0 aromatic rings. The van der Waals surface area contributed by atoms with E-state index in [1.54, 1.807) is 11.8 Å². The molecule has 1 fully saturated rings. The van der Waals surface area contributed by atoms with Gasteiger partial charge in [-0.2, -0.15) is 0 Å². The van der Waals surface area contributed by atoms with Crippen LogP contribution in [0.1, 0.15) is 46.0 Å². The number of esters is 1. The van der Waals surface area contributed by atoms with Crippen molar-refractivity contribution in [3.05, 3.63) is 0 Å². The molecule has 0 aromatic heterocycles. The third-order valence-electron chi connectivity index (χ3n) is 3.97. The highest BCUT2D eigenvalue weighted by Crippen LogP contribution is 2.20. The number of hydrogen-bond acceptors (Lipinski definition) is 3. The van der Waals surface area contributed by atoms with Crippen LogP contribution in [0.4, 0.5) is 0 Å². The Morgan fingerprint density at radius 3 is 2.39 bits per heavy atom. The van der Waals surface area contributed by atoms with Crippen LogP contribution < -0.4 is 0 Å². The third-order valence-corrected chi connectivity index (χ3v) is 4.89. The van der Waals surface area contributed by atoms with Crippen molar-refractivity contribution >= 4 is 20.0 Å². The van der Waals surface area contributed by atoms with Gasteiger partial charge in [0.25, 0.3) is 0 Å². The van der Waals surface area contributed by atoms with Crippen LogP contribution in [0, 0.1) is 17.4 Å². The summed E-state index contributed by atoms with van der Waals surface area (Å²) in [5.74, 6) is 3.18. The van der Waals surface area contributed by atoms with Crippen LogP contribution in [0.5, 0.6) is 0 Å². The van der Waals surface area contributed by atoms with Crippen molar-refractivity contribution in [1.82, 2.24) is 4.90 Å². The number of likely N-dealkylation sites (tertiary alicyclic amines) is 1. The predicted octanol–water partition coefficient (Wildman–Crippen LogP) is 3.23. The molecule has 1 amide bonds. The lowest BCUT2D eigenvalue weighted by Crippen LogP contribution is -2.39. The second-order valence-corrected chi connectivity index (χ2v) is 12.2. The fraction of sp³-hybridized carbons (Fsp3) is 0.778. The second kappa shape index (κ2) is 9.12. The van der Waals surface area contributed by atoms with Crippen molar-refractivity contribution in [2.24, 2.45) is 5.92 Å². The molecule has 0 spiro atoms. The van der Waals surface area contributed by atoms with Gasteiger partial charge in [0.05, 0.1) is 12.0 Å². The van der Waals surface area contributed by atoms with E-state index in [0.717, 1.165) is 19.3 Å². The molecule has 1 aliphatic rings. The number of ether oxygens (including phenoxy) is 1. The summed E-state index contributed by atoms with van der Waals surface area (Å²) in [6.07, 6.45) is 4.08. The van der Waals surface area contributed by atoms with Crippen molar-refractivity contribution in [1.29, 1.82) is 0 Å². The maximum atomic E-state index is 12.2. The van der Waals surface area contributed by atoms with Crippen LogP contribution in [-0.2, 0) is 14.3 Å². The van der Waals surface area contributed by atoms with Gasteiger partial charge in [0, 0.05) is 26.4 Å². The lowest BCUT2D eigenvalue weighted by molar-refractivity contribution is -0.156. The topological polar surface area (TPSA) is 46.6 Å². The summed E-state index contributed by atoms with van der Waals surface area (Å²) in [7, 11) is -1.27. The summed E-state index contributed by atoms with van der Waals surface area (Å²) >= 11 is 0. The molecule has 1 aliphatic heterocycles. The summed E-state index contributed by atoms with van der Waals surface area (Å²) in [6.45, 7) is 11.6. The quantitative estimate of drug-likeness (QED) is 0.335. The number of nitrogens with zero attached hydrogens (tertiary/aromatic N) is 1. The van der Waals surface area contributed by atoms with Crippen LogP contribution >= 0.6 is 0 Å². The first-order valence-electron chi connectivity index (χ1n) is 8.65. The van der Waals surface area contributed by atoms with Gasteiger partial charge in [0.2, 0.25) is 5.91 Å². The Morgan fingerprint density at radius 1 is 1.26 bits per heavy atom. The minimum atomic E-state index is -1.27. The molecule has 0 bridgehead atoms. The SMILES string of the molecule is CC(=O)N1CCC(C(=O)O[C@H](C)CCCC#C[Si](C)(C)C)CC1. The van der Waals surface area contributed by atoms with E-state index in [1.165, 1.54) is 0 Å². The van der Waals surface area contributed by atoms with E-state index in [9.17, 15) is 9.59 Å². The van der Waals surface area contributed by atoms with Crippen LogP contribution in [-0.4, -0.2) is 44.0 Å². The fourth-order valence-corrected chi connectivity index (χ4v) is 3.24. The normalized spacial score (nSPS) is 17.2. The van der Waals surface area contributed by atoms with Crippen LogP contribution in [0.15, 0.2) is 0 Å². The number of carbonyl (C=O) groups is 2. The van der Waals surface area contributed by atoms with E-state index in [1.807, 2.05) is 6.92 Å². The van der Waals surface area contributed by atoms with E-state index in [2.05, 4.69) is 31.1 Å². The Bertz CT molecular complexity index is 465. The first kappa shape index (κ1) is 19.8. The van der Waals surface area contributed by atoms with Crippen LogP contribution in [0.3, 0.4) is 0 Å². The van der Waals surface area contributed by atoms with Gasteiger partial charge < -0.3 is 9.64 Å². The Morgan fingerprint density at radius 2 is 1.87 bits per heavy atom. The van der Waals surface area contributed by atoms with Gasteiger partial charge in [-0.1, -0.05) is 19.6 Å². The molecule has 1 rings (SSSR count). The second-order valence-electron chi connectivity index (χ2n) is 7.47. The van der Waals surface area contributed by atoms with Crippen molar-refractivity contribution in [2.75, 3.05) is 13.1 Å². The lowest BCUT2D eigenvalue weighted by Gasteiger charge is -2.30. The maximum absolute atomic E-state index is 12.2. The Balaban J connectivity index is 2.24. The van der Waals surface area contributed by atoms with Crippen molar-refractivity contribution in [2.45, 2.75) is 71.7 Å². The molecule has 130 valence electrons. The van der Waals surface area contributed by atoms with Gasteiger partial charge in [0.1, 0.15) is 8.07 Å². The number of carbonyl (C=O) groups excluding carboxylic acids is 2. The smallest absolute Gasteiger partial charge is 0.309 e. The molecule has 0 saturated carbocycles. The number of amides is 1. The van der Waals surface area contributed by atoms with Crippen molar-refractivity contribution in [3.63, 3.8) is 0 Å². The molecule has 0 aliphatic carbocycles. The average Bonchev–Trinajstić information content (AvgIpc) is 2.45. The summed E-state index contributed by atoms with van der Waals surface area (Å²) in [5.41, 5.74) is 3.35. The minimum absolute atomic E-state index is 0.0537. The minimum Gasteiger partial charge on any atom is -0.462 e. The monoisotopic (exact) mass is 337 g/mol. The molecule has 1 saturated heterocycles. The molecule has 0 unspecified atom stereocenters. The van der Waals surface area contributed by atoms with Gasteiger partial charge in [-0.25, -0.2) is 0 Å². The zero-order valence-electron chi connectivity index (χ0n) is 15.3. The Kier molecular flexibility index (Phi) is 7.84. The van der Waals surface area contributed by atoms with E-state index in [-0.39, 0.29) is 23.9 Å². The number of rotatable bonds is 5. The molecular weight excluding hydrogens is 306 g/mol. The summed E-state index contributed by atoms with van der Waals surface area (Å²) in [6, 6.07) is 0. The van der Waals surface area contributed by atoms with Gasteiger partial charge >= 0.3 is 5.97 Å². The third kappa shape index (κ3) is 8.22. The molecule has 23 heavy (non-hydrogen) atoms. The average molecular weight is 338 g/mol. The lowest BCUT2D eigenvalue weighted by atomic mass is 9.97. The van der Waals surface area contributed by atoms with Crippen molar-refractivity contribution < 1.29 is 14.3 Å². The molecule has 5 heteroatoms. The molecule has 1 atom stereocenters. The molecular formula is C18H31NO3Si. The number of hydrogen-bond donors (Lipinski definition) is 0. The Hall–Kier alpha value is -1.28. The van der Waals surface area contributed by atoms with E-state index < -0.39 is 8.07 Å².